The topological polar surface area (TPSA) is 424 Å². The van der Waals surface area contributed by atoms with E-state index in [9.17, 15) is 50.4 Å². The van der Waals surface area contributed by atoms with Crippen LogP contribution in [0.2, 0.25) is 0 Å². The van der Waals surface area contributed by atoms with Crippen molar-refractivity contribution >= 4 is 61.4 Å². The summed E-state index contributed by atoms with van der Waals surface area (Å²) >= 11 is 0. The average molecular weight is 1770 g/mol. The minimum atomic E-state index is -3.55. The molecule has 7 amide bonds. The van der Waals surface area contributed by atoms with Gasteiger partial charge in [-0.25, -0.2) is 31.3 Å². The van der Waals surface area contributed by atoms with Gasteiger partial charge >= 0.3 is 0 Å². The summed E-state index contributed by atoms with van der Waals surface area (Å²) in [6.07, 6.45) is 19.2. The summed E-state index contributed by atoms with van der Waals surface area (Å²) in [7, 11) is -4.94. The molecule has 0 saturated heterocycles. The molecule has 1 fully saturated rings. The molecule has 1 aliphatic rings. The van der Waals surface area contributed by atoms with Crippen molar-refractivity contribution in [2.24, 2.45) is 38.4 Å². The van der Waals surface area contributed by atoms with E-state index < -0.39 is 25.6 Å². The third-order valence-corrected chi connectivity index (χ3v) is 17.3. The molecule has 5 heterocycles. The Balaban J connectivity index is -0.000000645. The molecular formula is C94H157N17O11S2. The molecule has 696 valence electrons. The molecule has 0 spiro atoms. The maximum Gasteiger partial charge on any atom is 0.241 e. The first-order valence-corrected chi connectivity index (χ1v) is 44.8. The quantitative estimate of drug-likeness (QED) is 0.0484. The summed E-state index contributed by atoms with van der Waals surface area (Å²) in [5.74, 6) is 2.30. The predicted molar refractivity (Wildman–Crippen MR) is 501 cm³/mol. The lowest BCUT2D eigenvalue weighted by atomic mass is 9.95. The van der Waals surface area contributed by atoms with Gasteiger partial charge in [-0.2, -0.15) is 10.5 Å². The highest BCUT2D eigenvalue weighted by molar-refractivity contribution is 7.89. The van der Waals surface area contributed by atoms with Gasteiger partial charge in [0.05, 0.1) is 41.1 Å². The van der Waals surface area contributed by atoms with Gasteiger partial charge < -0.3 is 42.2 Å². The molecule has 0 bridgehead atoms. The summed E-state index contributed by atoms with van der Waals surface area (Å²) in [5, 5.41) is 36.6. The van der Waals surface area contributed by atoms with Crippen molar-refractivity contribution in [1.29, 1.82) is 10.5 Å². The molecule has 6 aromatic rings. The molecule has 0 atom stereocenters. The van der Waals surface area contributed by atoms with Crippen LogP contribution in [0.25, 0.3) is 0 Å². The van der Waals surface area contributed by atoms with Gasteiger partial charge in [0.2, 0.25) is 61.4 Å². The first kappa shape index (κ1) is 120. The van der Waals surface area contributed by atoms with Crippen molar-refractivity contribution < 1.29 is 50.4 Å². The number of aromatic amines is 1. The lowest BCUT2D eigenvalue weighted by Gasteiger charge is -2.20. The molecule has 1 aromatic carbocycles. The van der Waals surface area contributed by atoms with Crippen LogP contribution in [0.4, 0.5) is 0 Å². The van der Waals surface area contributed by atoms with Crippen LogP contribution in [0.5, 0.6) is 0 Å². The fourth-order valence-electron chi connectivity index (χ4n) is 8.34. The van der Waals surface area contributed by atoms with E-state index >= 15 is 0 Å². The minimum absolute atomic E-state index is 0.0255. The molecule has 0 unspecified atom stereocenters. The number of carbonyl (C=O) groups is 7. The summed E-state index contributed by atoms with van der Waals surface area (Å²) in [4.78, 5) is 102. The van der Waals surface area contributed by atoms with Gasteiger partial charge in [-0.1, -0.05) is 149 Å². The van der Waals surface area contributed by atoms with Crippen molar-refractivity contribution in [3.8, 4) is 12.1 Å². The van der Waals surface area contributed by atoms with Gasteiger partial charge in [-0.3, -0.25) is 53.5 Å². The van der Waals surface area contributed by atoms with Crippen molar-refractivity contribution in [2.45, 2.75) is 313 Å². The van der Waals surface area contributed by atoms with Crippen LogP contribution in [-0.2, 0) is 85.1 Å². The number of nitrogens with zero attached hydrogens (tertiary/aromatic N) is 7. The largest absolute Gasteiger partial charge is 0.359 e. The van der Waals surface area contributed by atoms with Crippen molar-refractivity contribution in [2.75, 3.05) is 19.8 Å². The number of amides is 7. The lowest BCUT2D eigenvalue weighted by Crippen LogP contribution is -2.40. The number of carbonyl (C=O) groups excluding carboxylic acids is 7. The number of hydrogen-bond donors (Lipinski definition) is 10. The van der Waals surface area contributed by atoms with Crippen LogP contribution < -0.4 is 46.7 Å². The van der Waals surface area contributed by atoms with Gasteiger partial charge in [0.25, 0.3) is 0 Å². The molecule has 124 heavy (non-hydrogen) atoms. The van der Waals surface area contributed by atoms with Crippen LogP contribution in [0.1, 0.15) is 289 Å². The smallest absolute Gasteiger partial charge is 0.241 e. The van der Waals surface area contributed by atoms with Crippen LogP contribution in [0, 0.1) is 61.1 Å². The molecule has 1 saturated carbocycles. The van der Waals surface area contributed by atoms with E-state index in [1.165, 1.54) is 31.9 Å². The van der Waals surface area contributed by atoms with E-state index in [0.717, 1.165) is 47.4 Å². The number of aromatic nitrogens is 6. The van der Waals surface area contributed by atoms with Crippen LogP contribution in [-0.4, -0.2) is 130 Å². The maximum atomic E-state index is 11.9. The zero-order chi connectivity index (χ0) is 97.4. The van der Waals surface area contributed by atoms with Crippen LogP contribution >= 0.6 is 0 Å². The number of pyridine rings is 4. The molecule has 5 aromatic heterocycles. The fraction of sp³-hybridized carbons (Fsp3) is 0.596. The monoisotopic (exact) mass is 1760 g/mol. The highest BCUT2D eigenvalue weighted by atomic mass is 32.2. The molecule has 0 radical (unpaired) electrons. The second kappa shape index (κ2) is 55.5. The number of nitrogens with one attached hydrogen (secondary N) is 10. The Morgan fingerprint density at radius 2 is 0.895 bits per heavy atom. The standard InChI is InChI=1S/C12H18N2O.C11H14N2O2S.3C11H16N2O.C9H17NO.C7H12N2.2C6H13NO.C5H13NO2S.C5H9N/c1-12(2,3)11(15)14-9-7-10-6-4-5-8-13-10;1-11(2,3)13-16(14,15)10-6-4-5-9(7-10)8-12;1-11(2,3)10(14)13-8-9-4-6-12-7-5-9;1-11(2,3)10(14)13-8-9-5-4-6-12-7-9;1-11(2,3)10(14)13-8-9-6-4-5-7-12-9;1-9(2,3)10-8(11)6-7-4-5-7;1-7(2,3)6-8-4-5-9-6;1-6(2,3)5(8)7-4;1-5(8)7-6(2,3)4;1-5(2,3)6-9(4,7)8;1-5(2,3)4-6/h4-6,8H,7,9H2,1-3H3,(H,14,15);4-7,13H,1-3H3;3*4-7H,8H2,1-3H3,(H,13,14);7H,4-6H2,1-3H3,(H,10,11);4-5H,1-3H3,(H,8,9);2*1-4H3,(H,7,8);6H,1-4H3;1-3H3. The fourth-order valence-corrected chi connectivity index (χ4v) is 10.9. The number of H-pyrrole nitrogens is 1. The van der Waals surface area contributed by atoms with E-state index in [1.54, 1.807) is 104 Å². The van der Waals surface area contributed by atoms with E-state index in [4.69, 9.17) is 10.5 Å². The molecular weight excluding hydrogens is 1610 g/mol. The van der Waals surface area contributed by atoms with Crippen molar-refractivity contribution in [1.82, 2.24) is 76.6 Å². The second-order valence-corrected chi connectivity index (χ2v) is 44.2. The first-order chi connectivity index (χ1) is 56.0. The van der Waals surface area contributed by atoms with E-state index in [2.05, 4.69) is 103 Å². The summed E-state index contributed by atoms with van der Waals surface area (Å²) in [6, 6.07) is 29.0. The number of hydrogen-bond acceptors (Lipinski definition) is 18. The molecule has 10 N–H and O–H groups in total. The number of imidazole rings is 1. The maximum absolute atomic E-state index is 11.9. The SMILES string of the molecule is CC(=O)NC(C)(C)C.CC(C)(C)C#N.CC(C)(C)C(=O)NCCc1ccccn1.CC(C)(C)C(=O)NCc1ccccn1.CC(C)(C)C(=O)NCc1cccnc1.CC(C)(C)C(=O)NCc1ccncc1.CC(C)(C)NC(=O)CC1CC1.CC(C)(C)NS(=O)(=O)c1cccc(C#N)c1.CC(C)(C)NS(C)(=O)=O.CC(C)(C)c1ncc[nH]1.CNC(=O)C(C)(C)C. The minimum Gasteiger partial charge on any atom is -0.359 e. The Kier molecular flexibility index (Phi) is 53.9. The molecule has 1 aliphatic carbocycles. The average Bonchev–Trinajstić information content (AvgIpc) is 1.07. The van der Waals surface area contributed by atoms with Gasteiger partial charge in [-0.15, -0.1) is 0 Å². The molecule has 0 aliphatic heterocycles. The summed E-state index contributed by atoms with van der Waals surface area (Å²) in [5.41, 5.74) is 1.72. The van der Waals surface area contributed by atoms with Gasteiger partial charge in [-0.05, 0) is 194 Å². The zero-order valence-electron chi connectivity index (χ0n) is 81.9. The van der Waals surface area contributed by atoms with Gasteiger partial charge in [0, 0.05) is 162 Å². The third kappa shape index (κ3) is 72.6. The Morgan fingerprint density at radius 3 is 1.20 bits per heavy atom. The van der Waals surface area contributed by atoms with Gasteiger partial charge in [0.15, 0.2) is 0 Å². The molecule has 30 heteroatoms. The van der Waals surface area contributed by atoms with E-state index in [1.807, 2.05) is 239 Å². The molecule has 28 nitrogen and oxygen atoms in total. The van der Waals surface area contributed by atoms with Crippen molar-refractivity contribution in [3.63, 3.8) is 0 Å². The third-order valence-electron chi connectivity index (χ3n) is 14.5. The number of rotatable bonds is 14. The highest BCUT2D eigenvalue weighted by Crippen LogP contribution is 2.32. The van der Waals surface area contributed by atoms with E-state index in [-0.39, 0.29) is 101 Å². The van der Waals surface area contributed by atoms with E-state index in [0.29, 0.717) is 37.7 Å². The first-order valence-electron chi connectivity index (χ1n) is 41.5. The summed E-state index contributed by atoms with van der Waals surface area (Å²) in [6.45, 7) is 66.8. The Morgan fingerprint density at radius 1 is 0.460 bits per heavy atom. The second-order valence-electron chi connectivity index (χ2n) is 40.8. The number of benzene rings is 1. The normalized spacial score (nSPS) is 12.0. The van der Waals surface area contributed by atoms with Crippen LogP contribution in [0.3, 0.4) is 0 Å². The van der Waals surface area contributed by atoms with Crippen LogP contribution in [0.15, 0.2) is 139 Å². The summed E-state index contributed by atoms with van der Waals surface area (Å²) < 4.78 is 49.8. The van der Waals surface area contributed by atoms with Crippen molar-refractivity contribution in [3.05, 3.63) is 168 Å². The zero-order valence-corrected chi connectivity index (χ0v) is 83.5. The predicted octanol–water partition coefficient (Wildman–Crippen LogP) is 15.7. The molecule has 7 rings (SSSR count). The van der Waals surface area contributed by atoms with Gasteiger partial charge in [0.1, 0.15) is 5.82 Å². The number of nitriles is 2. The lowest BCUT2D eigenvalue weighted by molar-refractivity contribution is -0.129. The number of sulfonamides is 2. The highest BCUT2D eigenvalue weighted by Gasteiger charge is 2.28. The Bertz CT molecular complexity index is 4220. The Labute approximate surface area is 746 Å². The Hall–Kier alpha value is -9.88.